The average Bonchev–Trinajstić information content (AvgIpc) is 3.47. The van der Waals surface area contributed by atoms with Crippen LogP contribution in [0, 0.1) is 29.1 Å². The van der Waals surface area contributed by atoms with Crippen molar-refractivity contribution in [2.45, 2.75) is 88.9 Å². The van der Waals surface area contributed by atoms with Crippen LogP contribution in [0.5, 0.6) is 0 Å². The molecule has 2 spiro atoms. The zero-order valence-corrected chi connectivity index (χ0v) is 33.1. The lowest BCUT2D eigenvalue weighted by molar-refractivity contribution is 0.121. The molecule has 278 valence electrons. The highest BCUT2D eigenvalue weighted by Gasteiger charge is 2.63. The van der Waals surface area contributed by atoms with Crippen LogP contribution < -0.4 is 4.90 Å². The van der Waals surface area contributed by atoms with Gasteiger partial charge in [0.1, 0.15) is 0 Å². The Morgan fingerprint density at radius 1 is 0.536 bits per heavy atom. The van der Waals surface area contributed by atoms with E-state index in [1.54, 1.807) is 22.3 Å². The number of nitrogens with zero attached hydrogens (tertiary/aromatic N) is 1. The minimum Gasteiger partial charge on any atom is -0.310 e. The molecule has 2 bridgehead atoms. The predicted octanol–water partition coefficient (Wildman–Crippen LogP) is 14.6. The number of fused-ring (bicyclic) bond motifs is 13. The van der Waals surface area contributed by atoms with Crippen LogP contribution in [0.1, 0.15) is 93.9 Å². The second-order valence-electron chi connectivity index (χ2n) is 18.9. The first-order chi connectivity index (χ1) is 27.5. The molecule has 0 aliphatic heterocycles. The van der Waals surface area contributed by atoms with Gasteiger partial charge in [0.05, 0.1) is 0 Å². The summed E-state index contributed by atoms with van der Waals surface area (Å²) in [6.45, 7) is 4.94. The van der Waals surface area contributed by atoms with Crippen LogP contribution in [0.25, 0.3) is 33.4 Å². The van der Waals surface area contributed by atoms with Gasteiger partial charge in [-0.05, 0) is 166 Å². The summed E-state index contributed by atoms with van der Waals surface area (Å²) in [6.07, 6.45) is 13.4. The fourth-order valence-electron chi connectivity index (χ4n) is 14.0. The van der Waals surface area contributed by atoms with E-state index < -0.39 is 0 Å². The van der Waals surface area contributed by atoms with E-state index in [1.807, 2.05) is 0 Å². The van der Waals surface area contributed by atoms with Gasteiger partial charge in [0.2, 0.25) is 0 Å². The van der Waals surface area contributed by atoms with E-state index in [9.17, 15) is 0 Å². The molecule has 7 atom stereocenters. The van der Waals surface area contributed by atoms with Gasteiger partial charge in [0.25, 0.3) is 0 Å². The first-order valence-corrected chi connectivity index (χ1v) is 22.0. The maximum absolute atomic E-state index is 2.67. The van der Waals surface area contributed by atoms with E-state index in [1.165, 1.54) is 108 Å². The summed E-state index contributed by atoms with van der Waals surface area (Å²) in [5.74, 6) is 3.17. The minimum atomic E-state index is 0.164. The summed E-state index contributed by atoms with van der Waals surface area (Å²) in [5.41, 5.74) is 19.4. The fourth-order valence-corrected chi connectivity index (χ4v) is 14.0. The van der Waals surface area contributed by atoms with Gasteiger partial charge in [-0.1, -0.05) is 136 Å². The summed E-state index contributed by atoms with van der Waals surface area (Å²) >= 11 is 0. The number of rotatable bonds is 6. The standard InChI is InChI=1S/C55H53N/c1-3-40-33-53(4-2)34-42(53)35-54(40)32-39-15-8-9-18-46(39)48-25-23-45(30-52(48)54)56(43-17-12-16-38(28-43)37-13-6-5-7-14-37)44-24-26-51-49(29-44)47-19-10-11-20-50(47)55(51)31-36-21-22-41(55)27-36/h5-20,23-26,28-30,36,40-42H,3-4,21-22,27,31-35H2,1-2H3/t36-,40?,41+,42+,53?,54-,55-/m0/s1. The highest BCUT2D eigenvalue weighted by atomic mass is 15.1. The van der Waals surface area contributed by atoms with Crippen LogP contribution in [0.4, 0.5) is 17.1 Å². The molecule has 0 aromatic heterocycles. The van der Waals surface area contributed by atoms with Gasteiger partial charge < -0.3 is 4.90 Å². The molecule has 6 aromatic rings. The van der Waals surface area contributed by atoms with E-state index in [-0.39, 0.29) is 10.8 Å². The highest BCUT2D eigenvalue weighted by Crippen LogP contribution is 2.71. The van der Waals surface area contributed by atoms with Crippen molar-refractivity contribution in [3.63, 3.8) is 0 Å². The number of benzene rings is 6. The molecule has 0 amide bonds. The van der Waals surface area contributed by atoms with Gasteiger partial charge in [-0.15, -0.1) is 0 Å². The van der Waals surface area contributed by atoms with Crippen molar-refractivity contribution < 1.29 is 0 Å². The maximum Gasteiger partial charge on any atom is 0.0468 e. The Morgan fingerprint density at radius 3 is 2.09 bits per heavy atom. The van der Waals surface area contributed by atoms with E-state index in [0.717, 1.165) is 24.2 Å². The third-order valence-electron chi connectivity index (χ3n) is 16.7. The van der Waals surface area contributed by atoms with Crippen molar-refractivity contribution in [1.29, 1.82) is 0 Å². The number of anilines is 3. The minimum absolute atomic E-state index is 0.164. The molecule has 6 aliphatic carbocycles. The molecule has 1 nitrogen and oxygen atoms in total. The molecule has 6 aliphatic rings. The topological polar surface area (TPSA) is 3.24 Å². The van der Waals surface area contributed by atoms with E-state index >= 15 is 0 Å². The van der Waals surface area contributed by atoms with Crippen molar-refractivity contribution in [2.24, 2.45) is 29.1 Å². The molecule has 2 unspecified atom stereocenters. The van der Waals surface area contributed by atoms with Gasteiger partial charge >= 0.3 is 0 Å². The van der Waals surface area contributed by atoms with Crippen LogP contribution in [0.2, 0.25) is 0 Å². The number of hydrogen-bond acceptors (Lipinski definition) is 1. The second kappa shape index (κ2) is 12.1. The largest absolute Gasteiger partial charge is 0.310 e. The summed E-state index contributed by atoms with van der Waals surface area (Å²) in [6, 6.07) is 54.3. The third kappa shape index (κ3) is 4.55. The molecule has 0 radical (unpaired) electrons. The number of hydrogen-bond donors (Lipinski definition) is 0. The van der Waals surface area contributed by atoms with Crippen molar-refractivity contribution in [3.05, 3.63) is 162 Å². The van der Waals surface area contributed by atoms with Crippen LogP contribution >= 0.6 is 0 Å². The first-order valence-electron chi connectivity index (χ1n) is 22.0. The fraction of sp³-hybridized carbons (Fsp3) is 0.345. The van der Waals surface area contributed by atoms with Gasteiger partial charge in [0.15, 0.2) is 0 Å². The molecular weight excluding hydrogens is 675 g/mol. The normalized spacial score (nSPS) is 29.8. The average molecular weight is 728 g/mol. The molecule has 12 rings (SSSR count). The Balaban J connectivity index is 1.06. The lowest BCUT2D eigenvalue weighted by Crippen LogP contribution is -2.44. The summed E-state index contributed by atoms with van der Waals surface area (Å²) < 4.78 is 0. The molecule has 4 fully saturated rings. The quantitative estimate of drug-likeness (QED) is 0.165. The summed E-state index contributed by atoms with van der Waals surface area (Å²) in [4.78, 5) is 2.60. The zero-order valence-electron chi connectivity index (χ0n) is 33.1. The van der Waals surface area contributed by atoms with Crippen LogP contribution in [-0.4, -0.2) is 0 Å². The van der Waals surface area contributed by atoms with Crippen LogP contribution in [-0.2, 0) is 17.3 Å². The van der Waals surface area contributed by atoms with Crippen molar-refractivity contribution in [3.8, 4) is 33.4 Å². The Bertz CT molecular complexity index is 2530. The Morgan fingerprint density at radius 2 is 1.27 bits per heavy atom. The Kier molecular flexibility index (Phi) is 7.17. The third-order valence-corrected chi connectivity index (χ3v) is 16.7. The SMILES string of the molecule is CCC1CC2(CC)C[C@@H]2C[C@@]12Cc1ccccc1-c1ccc(N(c3cccc(-c4ccccc4)c3)c3ccc4c(c3)-c3ccccc3[C@@]43C[C@H]4CC[C@@H]3C4)cc12. The van der Waals surface area contributed by atoms with E-state index in [4.69, 9.17) is 0 Å². The highest BCUT2D eigenvalue weighted by molar-refractivity contribution is 5.89. The summed E-state index contributed by atoms with van der Waals surface area (Å²) in [5, 5.41) is 0. The van der Waals surface area contributed by atoms with E-state index in [2.05, 4.69) is 158 Å². The van der Waals surface area contributed by atoms with E-state index in [0.29, 0.717) is 11.3 Å². The molecular formula is C55H53N. The van der Waals surface area contributed by atoms with Gasteiger partial charge in [-0.25, -0.2) is 0 Å². The lowest BCUT2D eigenvalue weighted by Gasteiger charge is -2.50. The Hall–Kier alpha value is -4.88. The summed E-state index contributed by atoms with van der Waals surface area (Å²) in [7, 11) is 0. The second-order valence-corrected chi connectivity index (χ2v) is 18.9. The molecule has 0 N–H and O–H groups in total. The molecule has 0 heterocycles. The van der Waals surface area contributed by atoms with Gasteiger partial charge in [-0.2, -0.15) is 0 Å². The van der Waals surface area contributed by atoms with Gasteiger partial charge in [-0.3, -0.25) is 0 Å². The molecule has 4 saturated carbocycles. The first kappa shape index (κ1) is 33.3. The van der Waals surface area contributed by atoms with Crippen LogP contribution in [0.15, 0.2) is 140 Å². The zero-order chi connectivity index (χ0) is 37.2. The van der Waals surface area contributed by atoms with Crippen molar-refractivity contribution in [1.82, 2.24) is 0 Å². The Labute approximate surface area is 333 Å². The molecule has 56 heavy (non-hydrogen) atoms. The van der Waals surface area contributed by atoms with Crippen molar-refractivity contribution >= 4 is 17.1 Å². The van der Waals surface area contributed by atoms with Gasteiger partial charge in [0, 0.05) is 27.9 Å². The van der Waals surface area contributed by atoms with Crippen LogP contribution in [0.3, 0.4) is 0 Å². The lowest BCUT2D eigenvalue weighted by atomic mass is 9.54. The predicted molar refractivity (Wildman–Crippen MR) is 233 cm³/mol. The molecule has 0 saturated heterocycles. The molecule has 1 heteroatoms. The smallest absolute Gasteiger partial charge is 0.0468 e. The maximum atomic E-state index is 2.67. The monoisotopic (exact) mass is 727 g/mol. The molecule has 6 aromatic carbocycles. The van der Waals surface area contributed by atoms with Crippen molar-refractivity contribution in [2.75, 3.05) is 4.90 Å².